The molecular formula is C22H15F5N4O3. The normalized spacial score (nSPS) is 11.9. The number of imidazole rings is 1. The van der Waals surface area contributed by atoms with Crippen LogP contribution in [-0.2, 0) is 17.5 Å². The molecule has 0 radical (unpaired) electrons. The summed E-state index contributed by atoms with van der Waals surface area (Å²) in [4.78, 5) is 28.9. The Hall–Kier alpha value is -4.09. The first kappa shape index (κ1) is 23.1. The van der Waals surface area contributed by atoms with E-state index < -0.39 is 42.0 Å². The number of nitrogens with zero attached hydrogens (tertiary/aromatic N) is 4. The third kappa shape index (κ3) is 4.38. The van der Waals surface area contributed by atoms with E-state index in [0.717, 1.165) is 28.9 Å². The molecule has 0 aliphatic heterocycles. The second-order valence-corrected chi connectivity index (χ2v) is 7.20. The molecule has 0 bridgehead atoms. The van der Waals surface area contributed by atoms with Gasteiger partial charge in [0.15, 0.2) is 5.82 Å². The van der Waals surface area contributed by atoms with E-state index in [9.17, 15) is 31.5 Å². The van der Waals surface area contributed by atoms with E-state index in [1.807, 2.05) is 0 Å². The average Bonchev–Trinajstić information content (AvgIpc) is 3.16. The van der Waals surface area contributed by atoms with E-state index in [2.05, 4.69) is 10.1 Å². The third-order valence-electron chi connectivity index (χ3n) is 4.92. The number of hydrogen-bond donors (Lipinski definition) is 0. The van der Waals surface area contributed by atoms with Gasteiger partial charge >= 0.3 is 18.7 Å². The molecule has 176 valence electrons. The summed E-state index contributed by atoms with van der Waals surface area (Å²) in [7, 11) is 0. The van der Waals surface area contributed by atoms with Crippen molar-refractivity contribution in [2.75, 3.05) is 0 Å². The van der Waals surface area contributed by atoms with Gasteiger partial charge in [-0.05, 0) is 37.3 Å². The van der Waals surface area contributed by atoms with Gasteiger partial charge in [0, 0.05) is 11.8 Å². The monoisotopic (exact) mass is 478 g/mol. The molecule has 0 fully saturated rings. The Balaban J connectivity index is 1.65. The Kier molecular flexibility index (Phi) is 5.90. The first-order valence-electron chi connectivity index (χ1n) is 9.76. The second-order valence-electron chi connectivity index (χ2n) is 7.20. The fraction of sp³-hybridized carbons (Fsp3) is 0.182. The number of fused-ring (bicyclic) bond motifs is 1. The quantitative estimate of drug-likeness (QED) is 0.308. The van der Waals surface area contributed by atoms with Crippen molar-refractivity contribution < 1.29 is 31.5 Å². The number of benzene rings is 2. The standard InChI is InChI=1S/C22H15F5N4O3/c1-12-9-17(32)19(29-31(12)14-6-4-5-13(10-14)22(25,26)27)20(33)34-11-18-28-15-7-2-3-8-16(15)30(18)21(23)24/h2-10,21H,11H2,1H3. The Morgan fingerprint density at radius 2 is 1.82 bits per heavy atom. The average molecular weight is 478 g/mol. The minimum atomic E-state index is -4.61. The summed E-state index contributed by atoms with van der Waals surface area (Å²) in [6.07, 6.45) is -4.61. The smallest absolute Gasteiger partial charge is 0.416 e. The van der Waals surface area contributed by atoms with Gasteiger partial charge in [0.2, 0.25) is 11.1 Å². The minimum Gasteiger partial charge on any atom is -0.453 e. The molecule has 0 saturated carbocycles. The maximum Gasteiger partial charge on any atom is 0.416 e. The number of aryl methyl sites for hydroxylation is 1. The molecular weight excluding hydrogens is 463 g/mol. The first-order chi connectivity index (χ1) is 16.1. The predicted octanol–water partition coefficient (Wildman–Crippen LogP) is 4.66. The summed E-state index contributed by atoms with van der Waals surface area (Å²) in [6.45, 7) is -2.22. The largest absolute Gasteiger partial charge is 0.453 e. The number of para-hydroxylation sites is 2. The number of rotatable bonds is 5. The molecule has 0 aliphatic carbocycles. The fourth-order valence-corrected chi connectivity index (χ4v) is 3.38. The van der Waals surface area contributed by atoms with Gasteiger partial charge in [-0.3, -0.25) is 9.36 Å². The highest BCUT2D eigenvalue weighted by molar-refractivity contribution is 5.87. The van der Waals surface area contributed by atoms with Crippen LogP contribution in [0, 0.1) is 6.92 Å². The van der Waals surface area contributed by atoms with Gasteiger partial charge in [-0.1, -0.05) is 18.2 Å². The van der Waals surface area contributed by atoms with Crippen LogP contribution in [0.15, 0.2) is 59.4 Å². The molecule has 0 unspecified atom stereocenters. The van der Waals surface area contributed by atoms with Crippen molar-refractivity contribution in [1.29, 1.82) is 0 Å². The van der Waals surface area contributed by atoms with Crippen molar-refractivity contribution in [3.8, 4) is 5.69 Å². The zero-order valence-electron chi connectivity index (χ0n) is 17.4. The maximum absolute atomic E-state index is 13.5. The van der Waals surface area contributed by atoms with Crippen molar-refractivity contribution in [1.82, 2.24) is 19.3 Å². The van der Waals surface area contributed by atoms with Crippen molar-refractivity contribution in [2.45, 2.75) is 26.3 Å². The van der Waals surface area contributed by atoms with Gasteiger partial charge in [0.05, 0.1) is 22.3 Å². The Labute approximate surface area is 188 Å². The number of halogens is 5. The van der Waals surface area contributed by atoms with Gasteiger partial charge in [-0.2, -0.15) is 27.1 Å². The minimum absolute atomic E-state index is 0.0409. The second kappa shape index (κ2) is 8.69. The molecule has 4 aromatic rings. The number of alkyl halides is 5. The van der Waals surface area contributed by atoms with Crippen LogP contribution >= 0.6 is 0 Å². The van der Waals surface area contributed by atoms with Crippen LogP contribution in [0.4, 0.5) is 22.0 Å². The molecule has 2 aromatic carbocycles. The van der Waals surface area contributed by atoms with Gasteiger partial charge in [0.1, 0.15) is 6.61 Å². The Morgan fingerprint density at radius 1 is 1.09 bits per heavy atom. The lowest BCUT2D eigenvalue weighted by Crippen LogP contribution is -2.24. The molecule has 0 saturated heterocycles. The van der Waals surface area contributed by atoms with Crippen molar-refractivity contribution in [3.05, 3.63) is 87.6 Å². The van der Waals surface area contributed by atoms with Crippen LogP contribution in [-0.4, -0.2) is 25.3 Å². The SMILES string of the molecule is Cc1cc(=O)c(C(=O)OCc2nc3ccccc3n2C(F)F)nn1-c1cccc(C(F)(F)F)c1. The molecule has 0 aliphatic rings. The molecule has 0 amide bonds. The lowest BCUT2D eigenvalue weighted by molar-refractivity contribution is -0.137. The number of carbonyl (C=O) groups is 1. The summed E-state index contributed by atoms with van der Waals surface area (Å²) >= 11 is 0. The Bertz CT molecular complexity index is 1440. The number of hydrogen-bond acceptors (Lipinski definition) is 5. The molecule has 12 heteroatoms. The van der Waals surface area contributed by atoms with Crippen LogP contribution in [0.3, 0.4) is 0 Å². The summed E-state index contributed by atoms with van der Waals surface area (Å²) < 4.78 is 72.9. The molecule has 2 aromatic heterocycles. The van der Waals surface area contributed by atoms with E-state index in [-0.39, 0.29) is 28.2 Å². The lowest BCUT2D eigenvalue weighted by atomic mass is 10.2. The van der Waals surface area contributed by atoms with Gasteiger partial charge in [0.25, 0.3) is 0 Å². The maximum atomic E-state index is 13.5. The summed E-state index contributed by atoms with van der Waals surface area (Å²) in [6, 6.07) is 11.3. The van der Waals surface area contributed by atoms with Gasteiger partial charge < -0.3 is 4.74 Å². The van der Waals surface area contributed by atoms with Crippen molar-refractivity contribution in [3.63, 3.8) is 0 Å². The van der Waals surface area contributed by atoms with E-state index in [0.29, 0.717) is 4.57 Å². The first-order valence-corrected chi connectivity index (χ1v) is 9.76. The van der Waals surface area contributed by atoms with Gasteiger partial charge in [-0.25, -0.2) is 14.5 Å². The number of carbonyl (C=O) groups excluding carboxylic acids is 1. The van der Waals surface area contributed by atoms with Crippen LogP contribution in [0.2, 0.25) is 0 Å². The molecule has 0 spiro atoms. The summed E-state index contributed by atoms with van der Waals surface area (Å²) in [5.41, 5.74) is -1.99. The van der Waals surface area contributed by atoms with Crippen molar-refractivity contribution in [2.24, 2.45) is 0 Å². The topological polar surface area (TPSA) is 79.0 Å². The van der Waals surface area contributed by atoms with Gasteiger partial charge in [-0.15, -0.1) is 0 Å². The van der Waals surface area contributed by atoms with E-state index in [1.165, 1.54) is 25.1 Å². The molecule has 4 rings (SSSR count). The van der Waals surface area contributed by atoms with E-state index >= 15 is 0 Å². The number of aromatic nitrogens is 4. The molecule has 0 atom stereocenters. The zero-order valence-corrected chi connectivity index (χ0v) is 17.4. The Morgan fingerprint density at radius 3 is 2.53 bits per heavy atom. The highest BCUT2D eigenvalue weighted by Crippen LogP contribution is 2.30. The summed E-state index contributed by atoms with van der Waals surface area (Å²) in [5.74, 6) is -1.49. The highest BCUT2D eigenvalue weighted by atomic mass is 19.4. The third-order valence-corrected chi connectivity index (χ3v) is 4.92. The van der Waals surface area contributed by atoms with Crippen LogP contribution in [0.25, 0.3) is 16.7 Å². The molecule has 7 nitrogen and oxygen atoms in total. The highest BCUT2D eigenvalue weighted by Gasteiger charge is 2.31. The van der Waals surface area contributed by atoms with Crippen LogP contribution in [0.1, 0.15) is 34.1 Å². The number of esters is 1. The zero-order chi connectivity index (χ0) is 24.6. The lowest BCUT2D eigenvalue weighted by Gasteiger charge is -2.13. The van der Waals surface area contributed by atoms with E-state index in [4.69, 9.17) is 4.74 Å². The summed E-state index contributed by atoms with van der Waals surface area (Å²) in [5, 5.41) is 3.86. The van der Waals surface area contributed by atoms with Crippen molar-refractivity contribution >= 4 is 17.0 Å². The fourth-order valence-electron chi connectivity index (χ4n) is 3.38. The number of ether oxygens (including phenoxy) is 1. The van der Waals surface area contributed by atoms with E-state index in [1.54, 1.807) is 12.1 Å². The molecule has 0 N–H and O–H groups in total. The predicted molar refractivity (Wildman–Crippen MR) is 110 cm³/mol. The van der Waals surface area contributed by atoms with Crippen LogP contribution < -0.4 is 5.43 Å². The molecule has 2 heterocycles. The van der Waals surface area contributed by atoms with Crippen LogP contribution in [0.5, 0.6) is 0 Å². The molecule has 34 heavy (non-hydrogen) atoms.